The lowest BCUT2D eigenvalue weighted by Gasteiger charge is -2.18. The molecule has 1 atom stereocenters. The van der Waals surface area contributed by atoms with Gasteiger partial charge < -0.3 is 15.8 Å². The van der Waals surface area contributed by atoms with Gasteiger partial charge in [0.1, 0.15) is 11.8 Å². The van der Waals surface area contributed by atoms with E-state index in [-0.39, 0.29) is 0 Å². The van der Waals surface area contributed by atoms with E-state index in [0.717, 1.165) is 21.0 Å². The summed E-state index contributed by atoms with van der Waals surface area (Å²) in [5, 5.41) is 3.18. The number of ether oxygens (including phenoxy) is 1. The lowest BCUT2D eigenvalue weighted by atomic mass is 10.1. The molecule has 5 heteroatoms. The number of primary amides is 1. The van der Waals surface area contributed by atoms with Crippen molar-refractivity contribution in [2.45, 2.75) is 19.9 Å². The zero-order valence-corrected chi connectivity index (χ0v) is 12.6. The van der Waals surface area contributed by atoms with Gasteiger partial charge in [-0.1, -0.05) is 12.1 Å². The number of para-hydroxylation sites is 2. The van der Waals surface area contributed by atoms with Gasteiger partial charge in [-0.3, -0.25) is 4.79 Å². The first-order valence-corrected chi connectivity index (χ1v) is 7.10. The first kappa shape index (κ1) is 14.4. The number of benzene rings is 1. The quantitative estimate of drug-likeness (QED) is 0.889. The summed E-state index contributed by atoms with van der Waals surface area (Å²) in [4.78, 5) is 14.0. The smallest absolute Gasteiger partial charge is 0.244 e. The van der Waals surface area contributed by atoms with E-state index in [1.165, 1.54) is 0 Å². The summed E-state index contributed by atoms with van der Waals surface area (Å²) >= 11 is 1.66. The average Bonchev–Trinajstić information content (AvgIpc) is 2.74. The van der Waals surface area contributed by atoms with Gasteiger partial charge in [0.15, 0.2) is 0 Å². The van der Waals surface area contributed by atoms with Crippen molar-refractivity contribution < 1.29 is 9.53 Å². The maximum Gasteiger partial charge on any atom is 0.244 e. The van der Waals surface area contributed by atoms with Crippen LogP contribution in [0.4, 0.5) is 5.69 Å². The number of methoxy groups -OCH3 is 1. The fourth-order valence-electron chi connectivity index (χ4n) is 2.16. The van der Waals surface area contributed by atoms with Gasteiger partial charge in [-0.15, -0.1) is 11.3 Å². The summed E-state index contributed by atoms with van der Waals surface area (Å²) < 4.78 is 5.29. The van der Waals surface area contributed by atoms with Gasteiger partial charge in [0, 0.05) is 9.75 Å². The fourth-order valence-corrected chi connectivity index (χ4v) is 3.12. The standard InChI is InChI=1S/C15H18N2O2S/c1-9-8-11(10(2)20-9)14(15(16)18)17-12-6-4-5-7-13(12)19-3/h4-8,14,17H,1-3H3,(H2,16,18). The van der Waals surface area contributed by atoms with E-state index < -0.39 is 11.9 Å². The van der Waals surface area contributed by atoms with E-state index >= 15 is 0 Å². The van der Waals surface area contributed by atoms with E-state index in [1.807, 2.05) is 44.2 Å². The SMILES string of the molecule is COc1ccccc1NC(C(N)=O)c1cc(C)sc1C. The molecular formula is C15H18N2O2S. The molecule has 0 bridgehead atoms. The van der Waals surface area contributed by atoms with Gasteiger partial charge >= 0.3 is 0 Å². The number of nitrogens with one attached hydrogen (secondary N) is 1. The number of nitrogens with two attached hydrogens (primary N) is 1. The number of anilines is 1. The molecule has 106 valence electrons. The van der Waals surface area contributed by atoms with Gasteiger partial charge in [0.2, 0.25) is 5.91 Å². The number of carbonyl (C=O) groups is 1. The Bertz CT molecular complexity index is 622. The molecular weight excluding hydrogens is 272 g/mol. The van der Waals surface area contributed by atoms with Gasteiger partial charge in [-0.2, -0.15) is 0 Å². The van der Waals surface area contributed by atoms with Crippen molar-refractivity contribution in [1.29, 1.82) is 0 Å². The second kappa shape index (κ2) is 5.96. The Balaban J connectivity index is 2.36. The molecule has 1 heterocycles. The van der Waals surface area contributed by atoms with Gasteiger partial charge in [-0.25, -0.2) is 0 Å². The lowest BCUT2D eigenvalue weighted by Crippen LogP contribution is -2.28. The number of thiophene rings is 1. The molecule has 0 spiro atoms. The van der Waals surface area contributed by atoms with Crippen LogP contribution in [0.3, 0.4) is 0 Å². The summed E-state index contributed by atoms with van der Waals surface area (Å²) in [7, 11) is 1.60. The number of hydrogen-bond donors (Lipinski definition) is 2. The van der Waals surface area contributed by atoms with Crippen LogP contribution in [0.1, 0.15) is 21.4 Å². The summed E-state index contributed by atoms with van der Waals surface area (Å²) in [5.74, 6) is 0.278. The lowest BCUT2D eigenvalue weighted by molar-refractivity contribution is -0.118. The predicted octanol–water partition coefficient (Wildman–Crippen LogP) is 3.01. The van der Waals surface area contributed by atoms with E-state index in [9.17, 15) is 4.79 Å². The van der Waals surface area contributed by atoms with Crippen molar-refractivity contribution in [2.24, 2.45) is 5.73 Å². The van der Waals surface area contributed by atoms with Crippen LogP contribution in [0.25, 0.3) is 0 Å². The van der Waals surface area contributed by atoms with Crippen LogP contribution in [0.5, 0.6) is 5.75 Å². The number of aryl methyl sites for hydroxylation is 2. The molecule has 0 fully saturated rings. The molecule has 0 radical (unpaired) electrons. The third-order valence-corrected chi connectivity index (χ3v) is 4.06. The van der Waals surface area contributed by atoms with Crippen LogP contribution >= 0.6 is 11.3 Å². The molecule has 1 unspecified atom stereocenters. The zero-order chi connectivity index (χ0) is 14.7. The normalized spacial score (nSPS) is 11.9. The first-order valence-electron chi connectivity index (χ1n) is 6.28. The monoisotopic (exact) mass is 290 g/mol. The molecule has 0 aliphatic carbocycles. The molecule has 0 saturated carbocycles. The van der Waals surface area contributed by atoms with Gasteiger partial charge in [0.05, 0.1) is 12.8 Å². The highest BCUT2D eigenvalue weighted by Gasteiger charge is 2.22. The van der Waals surface area contributed by atoms with Crippen molar-refractivity contribution in [1.82, 2.24) is 0 Å². The molecule has 0 aliphatic rings. The molecule has 0 saturated heterocycles. The van der Waals surface area contributed by atoms with Crippen LogP contribution in [0, 0.1) is 13.8 Å². The Hall–Kier alpha value is -2.01. The molecule has 1 aromatic carbocycles. The van der Waals surface area contributed by atoms with Gasteiger partial charge in [0.25, 0.3) is 0 Å². The summed E-state index contributed by atoms with van der Waals surface area (Å²) in [6, 6.07) is 8.90. The van der Waals surface area contributed by atoms with Crippen LogP contribution in [-0.4, -0.2) is 13.0 Å². The van der Waals surface area contributed by atoms with Crippen LogP contribution in [-0.2, 0) is 4.79 Å². The Morgan fingerprint density at radius 1 is 1.35 bits per heavy atom. The summed E-state index contributed by atoms with van der Waals surface area (Å²) in [5.41, 5.74) is 7.22. The van der Waals surface area contributed by atoms with Crippen molar-refractivity contribution in [3.05, 3.63) is 45.6 Å². The molecule has 0 aliphatic heterocycles. The summed E-state index contributed by atoms with van der Waals surface area (Å²) in [6.07, 6.45) is 0. The topological polar surface area (TPSA) is 64.3 Å². The number of amides is 1. The van der Waals surface area contributed by atoms with Crippen LogP contribution in [0.15, 0.2) is 30.3 Å². The second-order valence-corrected chi connectivity index (χ2v) is 6.01. The zero-order valence-electron chi connectivity index (χ0n) is 11.8. The number of carbonyl (C=O) groups excluding carboxylic acids is 1. The molecule has 2 rings (SSSR count). The maximum atomic E-state index is 11.8. The predicted molar refractivity (Wildman–Crippen MR) is 82.3 cm³/mol. The maximum absolute atomic E-state index is 11.8. The van der Waals surface area contributed by atoms with E-state index in [0.29, 0.717) is 5.75 Å². The van der Waals surface area contributed by atoms with E-state index in [1.54, 1.807) is 18.4 Å². The third kappa shape index (κ3) is 2.93. The molecule has 3 N–H and O–H groups in total. The fraction of sp³-hybridized carbons (Fsp3) is 0.267. The molecule has 1 amide bonds. The Morgan fingerprint density at radius 3 is 2.60 bits per heavy atom. The van der Waals surface area contributed by atoms with E-state index in [4.69, 9.17) is 10.5 Å². The average molecular weight is 290 g/mol. The van der Waals surface area contributed by atoms with E-state index in [2.05, 4.69) is 5.32 Å². The number of rotatable bonds is 5. The minimum absolute atomic E-state index is 0.406. The molecule has 2 aromatic rings. The summed E-state index contributed by atoms with van der Waals surface area (Å²) in [6.45, 7) is 4.01. The van der Waals surface area contributed by atoms with Crippen molar-refractivity contribution >= 4 is 22.9 Å². The van der Waals surface area contributed by atoms with Crippen molar-refractivity contribution in [3.63, 3.8) is 0 Å². The number of hydrogen-bond acceptors (Lipinski definition) is 4. The third-order valence-electron chi connectivity index (χ3n) is 3.08. The second-order valence-electron chi connectivity index (χ2n) is 4.55. The minimum Gasteiger partial charge on any atom is -0.495 e. The molecule has 4 nitrogen and oxygen atoms in total. The highest BCUT2D eigenvalue weighted by molar-refractivity contribution is 7.12. The highest BCUT2D eigenvalue weighted by atomic mass is 32.1. The molecule has 20 heavy (non-hydrogen) atoms. The van der Waals surface area contributed by atoms with Crippen LogP contribution in [0.2, 0.25) is 0 Å². The Kier molecular flexibility index (Phi) is 4.29. The minimum atomic E-state index is -0.559. The highest BCUT2D eigenvalue weighted by Crippen LogP contribution is 2.32. The van der Waals surface area contributed by atoms with Gasteiger partial charge in [-0.05, 0) is 37.6 Å². The Morgan fingerprint density at radius 2 is 2.05 bits per heavy atom. The van der Waals surface area contributed by atoms with Crippen LogP contribution < -0.4 is 15.8 Å². The van der Waals surface area contributed by atoms with Crippen molar-refractivity contribution in [3.8, 4) is 5.75 Å². The van der Waals surface area contributed by atoms with Crippen molar-refractivity contribution in [2.75, 3.05) is 12.4 Å². The largest absolute Gasteiger partial charge is 0.495 e. The molecule has 1 aromatic heterocycles. The Labute approximate surface area is 122 Å². The first-order chi connectivity index (χ1) is 9.52.